The van der Waals surface area contributed by atoms with Crippen molar-refractivity contribution in [3.63, 3.8) is 0 Å². The summed E-state index contributed by atoms with van der Waals surface area (Å²) in [5, 5.41) is 44.4. The molecule has 11 atom stereocenters. The number of carboxylic acids is 1. The molecule has 4 fully saturated rings. The molecular weight excluding hydrogens is 483 g/mol. The molecule has 4 aliphatic carbocycles. The van der Waals surface area contributed by atoms with Gasteiger partial charge in [-0.15, -0.1) is 0 Å². The van der Waals surface area contributed by atoms with Crippen LogP contribution in [0.4, 0.5) is 4.39 Å². The third-order valence-electron chi connectivity index (χ3n) is 12.9. The lowest BCUT2D eigenvalue weighted by Crippen LogP contribution is -2.67. The molecule has 0 aliphatic heterocycles. The zero-order valence-electron chi connectivity index (χ0n) is 23.5. The first-order valence-corrected chi connectivity index (χ1v) is 14.8. The van der Waals surface area contributed by atoms with Crippen LogP contribution in [0.1, 0.15) is 97.5 Å². The van der Waals surface area contributed by atoms with Gasteiger partial charge in [0.1, 0.15) is 5.82 Å². The minimum atomic E-state index is -1.25. The van der Waals surface area contributed by atoms with Crippen LogP contribution < -0.4 is 0 Å². The maximum absolute atomic E-state index is 13.8. The number of rotatable bonds is 6. The fourth-order valence-electron chi connectivity index (χ4n) is 10.8. The summed E-state index contributed by atoms with van der Waals surface area (Å²) in [6, 6.07) is 6.18. The number of aliphatic carboxylic acids is 1. The van der Waals surface area contributed by atoms with E-state index in [9.17, 15) is 29.6 Å². The fraction of sp³-hybridized carbons (Fsp3) is 0.781. The highest BCUT2D eigenvalue weighted by Gasteiger charge is 2.70. The SMILES string of the molecule is C[C@H](CCC(=O)O)[C@H]1CC[C@H]2[C@@H]3CC[C@]4([C@@](C)(O)c5ccc(F)cc5)C[C@H](O)CC[C@]4(C)[C@H]3C[C@H](O)[C@]12C. The molecule has 4 saturated carbocycles. The Balaban J connectivity index is 1.50. The molecule has 1 aromatic carbocycles. The second kappa shape index (κ2) is 9.55. The number of aliphatic hydroxyl groups excluding tert-OH is 2. The smallest absolute Gasteiger partial charge is 0.303 e. The highest BCUT2D eigenvalue weighted by atomic mass is 19.1. The summed E-state index contributed by atoms with van der Waals surface area (Å²) >= 11 is 0. The Morgan fingerprint density at radius 3 is 2.42 bits per heavy atom. The van der Waals surface area contributed by atoms with E-state index in [1.165, 1.54) is 12.1 Å². The third-order valence-corrected chi connectivity index (χ3v) is 12.9. The summed E-state index contributed by atoms with van der Waals surface area (Å²) in [5.74, 6) is 0.470. The van der Waals surface area contributed by atoms with Gasteiger partial charge in [0.05, 0.1) is 17.8 Å². The normalized spacial score (nSPS) is 44.8. The molecular formula is C32H47FO5. The molecule has 1 aromatic rings. The van der Waals surface area contributed by atoms with Gasteiger partial charge in [-0.1, -0.05) is 32.9 Å². The summed E-state index contributed by atoms with van der Waals surface area (Å²) in [6.07, 6.45) is 6.30. The lowest BCUT2D eigenvalue weighted by Gasteiger charge is -2.69. The molecule has 212 valence electrons. The van der Waals surface area contributed by atoms with Crippen LogP contribution in [0.25, 0.3) is 0 Å². The predicted molar refractivity (Wildman–Crippen MR) is 144 cm³/mol. The average molecular weight is 531 g/mol. The van der Waals surface area contributed by atoms with Gasteiger partial charge in [0.25, 0.3) is 0 Å². The molecule has 5 nitrogen and oxygen atoms in total. The molecule has 38 heavy (non-hydrogen) atoms. The number of hydrogen-bond acceptors (Lipinski definition) is 4. The first-order chi connectivity index (χ1) is 17.8. The van der Waals surface area contributed by atoms with Crippen LogP contribution in [0.15, 0.2) is 24.3 Å². The summed E-state index contributed by atoms with van der Waals surface area (Å²) in [5.41, 5.74) is -1.67. The van der Waals surface area contributed by atoms with Gasteiger partial charge in [-0.2, -0.15) is 0 Å². The van der Waals surface area contributed by atoms with Gasteiger partial charge in [-0.25, -0.2) is 4.39 Å². The fourth-order valence-corrected chi connectivity index (χ4v) is 10.8. The van der Waals surface area contributed by atoms with E-state index < -0.39 is 29.2 Å². The number of hydrogen-bond donors (Lipinski definition) is 4. The van der Waals surface area contributed by atoms with Gasteiger partial charge in [-0.05, 0) is 123 Å². The van der Waals surface area contributed by atoms with Crippen LogP contribution in [-0.2, 0) is 10.4 Å². The Morgan fingerprint density at radius 2 is 1.76 bits per heavy atom. The Kier molecular flexibility index (Phi) is 7.05. The molecule has 6 heteroatoms. The van der Waals surface area contributed by atoms with Gasteiger partial charge in [0.2, 0.25) is 0 Å². The summed E-state index contributed by atoms with van der Waals surface area (Å²) < 4.78 is 13.8. The van der Waals surface area contributed by atoms with Crippen molar-refractivity contribution in [3.8, 4) is 0 Å². The van der Waals surface area contributed by atoms with Crippen molar-refractivity contribution in [2.45, 2.75) is 110 Å². The van der Waals surface area contributed by atoms with Crippen molar-refractivity contribution >= 4 is 5.97 Å². The van der Waals surface area contributed by atoms with Crippen LogP contribution in [-0.4, -0.2) is 38.6 Å². The Hall–Kier alpha value is -1.50. The standard InChI is InChI=1S/C32H47FO5/c1-19(5-12-28(36)37)24-10-11-25-23-14-16-32(31(4,38)20-6-8-21(33)9-7-20)18-22(34)13-15-29(32,2)26(23)17-27(35)30(24,25)3/h6-9,19,22-27,34-35,38H,5,10-18H2,1-4H3,(H,36,37)/t19-,22-,23+,24-,25+,26+,27+,29-,30-,31+,32+/m1/s1. The van der Waals surface area contributed by atoms with E-state index in [2.05, 4.69) is 20.8 Å². The minimum absolute atomic E-state index is 0.169. The average Bonchev–Trinajstić information content (AvgIpc) is 3.22. The van der Waals surface area contributed by atoms with E-state index in [0.717, 1.165) is 32.1 Å². The summed E-state index contributed by atoms with van der Waals surface area (Å²) in [6.45, 7) is 8.58. The molecule has 4 N–H and O–H groups in total. The second-order valence-electron chi connectivity index (χ2n) is 14.1. The minimum Gasteiger partial charge on any atom is -0.481 e. The van der Waals surface area contributed by atoms with Gasteiger partial charge in [-0.3, -0.25) is 4.79 Å². The van der Waals surface area contributed by atoms with Gasteiger partial charge >= 0.3 is 5.97 Å². The van der Waals surface area contributed by atoms with Crippen molar-refractivity contribution in [1.29, 1.82) is 0 Å². The Labute approximate surface area is 226 Å². The van der Waals surface area contributed by atoms with E-state index in [4.69, 9.17) is 0 Å². The quantitative estimate of drug-likeness (QED) is 0.367. The second-order valence-corrected chi connectivity index (χ2v) is 14.1. The molecule has 0 unspecified atom stereocenters. The maximum atomic E-state index is 13.8. The highest BCUT2D eigenvalue weighted by molar-refractivity contribution is 5.66. The molecule has 0 aromatic heterocycles. The number of carboxylic acid groups (broad SMARTS) is 1. The zero-order valence-corrected chi connectivity index (χ0v) is 23.5. The largest absolute Gasteiger partial charge is 0.481 e. The molecule has 0 bridgehead atoms. The van der Waals surface area contributed by atoms with E-state index in [1.807, 2.05) is 6.92 Å². The summed E-state index contributed by atoms with van der Waals surface area (Å²) in [4.78, 5) is 11.2. The molecule has 4 aliphatic rings. The van der Waals surface area contributed by atoms with Crippen LogP contribution in [0.3, 0.4) is 0 Å². The van der Waals surface area contributed by atoms with E-state index in [-0.39, 0.29) is 34.9 Å². The summed E-state index contributed by atoms with van der Waals surface area (Å²) in [7, 11) is 0. The van der Waals surface area contributed by atoms with Gasteiger partial charge in [0, 0.05) is 11.8 Å². The van der Waals surface area contributed by atoms with Crippen LogP contribution in [0.5, 0.6) is 0 Å². The number of halogens is 1. The Bertz CT molecular complexity index is 1040. The molecule has 0 amide bonds. The van der Waals surface area contributed by atoms with Gasteiger partial charge in [0.15, 0.2) is 0 Å². The first-order valence-electron chi connectivity index (χ1n) is 14.8. The number of aliphatic hydroxyl groups is 3. The van der Waals surface area contributed by atoms with Crippen LogP contribution in [0.2, 0.25) is 0 Å². The van der Waals surface area contributed by atoms with E-state index in [1.54, 1.807) is 12.1 Å². The van der Waals surface area contributed by atoms with Crippen LogP contribution >= 0.6 is 0 Å². The van der Waals surface area contributed by atoms with Crippen molar-refractivity contribution in [3.05, 3.63) is 35.6 Å². The van der Waals surface area contributed by atoms with Crippen molar-refractivity contribution in [2.75, 3.05) is 0 Å². The monoisotopic (exact) mass is 530 g/mol. The molecule has 0 spiro atoms. The van der Waals surface area contributed by atoms with E-state index in [0.29, 0.717) is 49.0 Å². The van der Waals surface area contributed by atoms with Crippen molar-refractivity contribution < 1.29 is 29.6 Å². The Morgan fingerprint density at radius 1 is 1.08 bits per heavy atom. The molecule has 0 saturated heterocycles. The first kappa shape index (κ1) is 28.0. The van der Waals surface area contributed by atoms with Crippen molar-refractivity contribution in [1.82, 2.24) is 0 Å². The topological polar surface area (TPSA) is 98.0 Å². The zero-order chi connectivity index (χ0) is 27.7. The van der Waals surface area contributed by atoms with E-state index >= 15 is 0 Å². The molecule has 5 rings (SSSR count). The number of benzene rings is 1. The lowest BCUT2D eigenvalue weighted by atomic mass is 9.36. The lowest BCUT2D eigenvalue weighted by molar-refractivity contribution is -0.263. The third kappa shape index (κ3) is 3.91. The number of carbonyl (C=O) groups is 1. The number of fused-ring (bicyclic) bond motifs is 5. The molecule has 0 radical (unpaired) electrons. The maximum Gasteiger partial charge on any atom is 0.303 e. The van der Waals surface area contributed by atoms with Gasteiger partial charge < -0.3 is 20.4 Å². The predicted octanol–water partition coefficient (Wildman–Crippen LogP) is 5.89. The molecule has 0 heterocycles. The van der Waals surface area contributed by atoms with Crippen LogP contribution in [0, 0.1) is 51.7 Å². The highest BCUT2D eigenvalue weighted by Crippen LogP contribution is 2.74. The van der Waals surface area contributed by atoms with Crippen molar-refractivity contribution in [2.24, 2.45) is 45.8 Å².